The molecule has 0 aromatic heterocycles. The summed E-state index contributed by atoms with van der Waals surface area (Å²) < 4.78 is 13.1. The van der Waals surface area contributed by atoms with Crippen molar-refractivity contribution in [3.63, 3.8) is 0 Å². The van der Waals surface area contributed by atoms with Gasteiger partial charge in [0.25, 0.3) is 0 Å². The number of aryl methyl sites for hydroxylation is 1. The molecule has 1 nitrogen and oxygen atoms in total. The summed E-state index contributed by atoms with van der Waals surface area (Å²) in [6.07, 6.45) is -0.248. The van der Waals surface area contributed by atoms with Crippen LogP contribution in [0.15, 0.2) is 18.2 Å². The van der Waals surface area contributed by atoms with Crippen LogP contribution in [-0.2, 0) is 6.42 Å². The number of alkyl halides is 1. The molecule has 0 aliphatic rings. The topological polar surface area (TPSA) is 26.0 Å². The molecule has 1 unspecified atom stereocenters. The van der Waals surface area contributed by atoms with Crippen LogP contribution in [-0.4, -0.2) is 6.54 Å². The Balaban J connectivity index is 2.95. The van der Waals surface area contributed by atoms with Crippen molar-refractivity contribution in [1.82, 2.24) is 0 Å². The Morgan fingerprint density at radius 2 is 2.23 bits per heavy atom. The predicted molar refractivity (Wildman–Crippen MR) is 53.7 cm³/mol. The second-order valence-electron chi connectivity index (χ2n) is 2.91. The van der Waals surface area contributed by atoms with E-state index in [-0.39, 0.29) is 6.54 Å². The Morgan fingerprint density at radius 3 is 2.69 bits per heavy atom. The van der Waals surface area contributed by atoms with E-state index < -0.39 is 6.17 Å². The number of nitrogens with two attached hydrogens (primary N) is 1. The van der Waals surface area contributed by atoms with Crippen LogP contribution in [0, 0.1) is 0 Å². The molecule has 0 saturated heterocycles. The van der Waals surface area contributed by atoms with E-state index in [1.165, 1.54) is 0 Å². The average Bonchev–Trinajstić information content (AvgIpc) is 2.16. The molecular weight excluding hydrogens is 189 g/mol. The molecule has 0 heterocycles. The molecule has 0 fully saturated rings. The van der Waals surface area contributed by atoms with Gasteiger partial charge in [0, 0.05) is 11.6 Å². The molecule has 13 heavy (non-hydrogen) atoms. The molecular formula is C10H13ClFN. The number of benzene rings is 1. The van der Waals surface area contributed by atoms with Gasteiger partial charge >= 0.3 is 0 Å². The zero-order valence-electron chi connectivity index (χ0n) is 7.56. The molecule has 72 valence electrons. The number of hydrogen-bond acceptors (Lipinski definition) is 1. The van der Waals surface area contributed by atoms with Crippen LogP contribution in [0.2, 0.25) is 5.02 Å². The van der Waals surface area contributed by atoms with Crippen molar-refractivity contribution < 1.29 is 4.39 Å². The highest BCUT2D eigenvalue weighted by molar-refractivity contribution is 6.31. The standard InChI is InChI=1S/C10H13ClFN/c1-2-7-3-4-8(5-9(7)11)10(12)6-13/h3-5,10H,2,6,13H2,1H3. The van der Waals surface area contributed by atoms with Gasteiger partial charge in [0.15, 0.2) is 0 Å². The molecule has 0 bridgehead atoms. The highest BCUT2D eigenvalue weighted by Gasteiger charge is 2.08. The third-order valence-corrected chi connectivity index (χ3v) is 2.38. The van der Waals surface area contributed by atoms with Crippen LogP contribution in [0.5, 0.6) is 0 Å². The van der Waals surface area contributed by atoms with Gasteiger partial charge in [-0.1, -0.05) is 30.7 Å². The highest BCUT2D eigenvalue weighted by Crippen LogP contribution is 2.23. The first-order chi connectivity index (χ1) is 6.19. The van der Waals surface area contributed by atoms with Gasteiger partial charge in [0.2, 0.25) is 0 Å². The fourth-order valence-electron chi connectivity index (χ4n) is 1.18. The van der Waals surface area contributed by atoms with Crippen molar-refractivity contribution in [1.29, 1.82) is 0 Å². The first-order valence-corrected chi connectivity index (χ1v) is 4.69. The van der Waals surface area contributed by atoms with Crippen LogP contribution < -0.4 is 5.73 Å². The monoisotopic (exact) mass is 201 g/mol. The minimum absolute atomic E-state index is 0.00179. The third-order valence-electron chi connectivity index (χ3n) is 2.03. The van der Waals surface area contributed by atoms with Crippen molar-refractivity contribution >= 4 is 11.6 Å². The van der Waals surface area contributed by atoms with Gasteiger partial charge < -0.3 is 5.73 Å². The number of hydrogen-bond donors (Lipinski definition) is 1. The maximum Gasteiger partial charge on any atom is 0.137 e. The predicted octanol–water partition coefficient (Wildman–Crippen LogP) is 2.87. The molecule has 0 amide bonds. The molecule has 3 heteroatoms. The molecule has 1 aromatic carbocycles. The smallest absolute Gasteiger partial charge is 0.137 e. The van der Waals surface area contributed by atoms with Crippen molar-refractivity contribution in [3.05, 3.63) is 34.3 Å². The van der Waals surface area contributed by atoms with Gasteiger partial charge in [-0.3, -0.25) is 0 Å². The molecule has 0 saturated carbocycles. The zero-order chi connectivity index (χ0) is 9.84. The minimum atomic E-state index is -1.11. The Hall–Kier alpha value is -0.600. The first kappa shape index (κ1) is 10.5. The van der Waals surface area contributed by atoms with E-state index in [1.54, 1.807) is 12.1 Å². The Bertz CT molecular complexity index is 288. The molecule has 1 rings (SSSR count). The summed E-state index contributed by atoms with van der Waals surface area (Å²) in [5.41, 5.74) is 6.80. The van der Waals surface area contributed by atoms with Crippen LogP contribution in [0.25, 0.3) is 0 Å². The summed E-state index contributed by atoms with van der Waals surface area (Å²) in [4.78, 5) is 0. The van der Waals surface area contributed by atoms with Gasteiger partial charge in [-0.2, -0.15) is 0 Å². The maximum absolute atomic E-state index is 13.1. The summed E-state index contributed by atoms with van der Waals surface area (Å²) in [5, 5.41) is 0.621. The fourth-order valence-corrected chi connectivity index (χ4v) is 1.50. The van der Waals surface area contributed by atoms with Gasteiger partial charge in [-0.05, 0) is 23.6 Å². The van der Waals surface area contributed by atoms with Crippen LogP contribution in [0.1, 0.15) is 24.2 Å². The van der Waals surface area contributed by atoms with E-state index in [0.717, 1.165) is 12.0 Å². The SMILES string of the molecule is CCc1ccc(C(F)CN)cc1Cl. The quantitative estimate of drug-likeness (QED) is 0.800. The van der Waals surface area contributed by atoms with Crippen molar-refractivity contribution in [2.24, 2.45) is 5.73 Å². The Kier molecular flexibility index (Phi) is 3.70. The fraction of sp³-hybridized carbons (Fsp3) is 0.400. The van der Waals surface area contributed by atoms with Crippen LogP contribution >= 0.6 is 11.6 Å². The van der Waals surface area contributed by atoms with Crippen LogP contribution in [0.4, 0.5) is 4.39 Å². The summed E-state index contributed by atoms with van der Waals surface area (Å²) in [7, 11) is 0. The van der Waals surface area contributed by atoms with Crippen LogP contribution in [0.3, 0.4) is 0 Å². The maximum atomic E-state index is 13.1. The molecule has 0 radical (unpaired) electrons. The summed E-state index contributed by atoms with van der Waals surface area (Å²) in [6, 6.07) is 5.24. The summed E-state index contributed by atoms with van der Waals surface area (Å²) in [5.74, 6) is 0. The summed E-state index contributed by atoms with van der Waals surface area (Å²) in [6.45, 7) is 2.01. The molecule has 1 aromatic rings. The van der Waals surface area contributed by atoms with Gasteiger partial charge in [-0.25, -0.2) is 4.39 Å². The van der Waals surface area contributed by atoms with Gasteiger partial charge in [0.1, 0.15) is 6.17 Å². The Labute approximate surface area is 82.7 Å². The van der Waals surface area contributed by atoms with Crippen molar-refractivity contribution in [3.8, 4) is 0 Å². The largest absolute Gasteiger partial charge is 0.327 e. The van der Waals surface area contributed by atoms with E-state index in [9.17, 15) is 4.39 Å². The van der Waals surface area contributed by atoms with E-state index in [2.05, 4.69) is 0 Å². The third kappa shape index (κ3) is 2.42. The second kappa shape index (κ2) is 4.58. The van der Waals surface area contributed by atoms with E-state index in [0.29, 0.717) is 10.6 Å². The van der Waals surface area contributed by atoms with E-state index >= 15 is 0 Å². The normalized spacial score (nSPS) is 12.9. The molecule has 1 atom stereocenters. The first-order valence-electron chi connectivity index (χ1n) is 4.31. The highest BCUT2D eigenvalue weighted by atomic mass is 35.5. The molecule has 2 N–H and O–H groups in total. The lowest BCUT2D eigenvalue weighted by Gasteiger charge is -2.07. The molecule has 0 spiro atoms. The zero-order valence-corrected chi connectivity index (χ0v) is 8.31. The van der Waals surface area contributed by atoms with E-state index in [4.69, 9.17) is 17.3 Å². The number of halogens is 2. The van der Waals surface area contributed by atoms with E-state index in [1.807, 2.05) is 13.0 Å². The second-order valence-corrected chi connectivity index (χ2v) is 3.31. The minimum Gasteiger partial charge on any atom is -0.327 e. The lowest BCUT2D eigenvalue weighted by atomic mass is 10.1. The summed E-state index contributed by atoms with van der Waals surface area (Å²) >= 11 is 5.92. The van der Waals surface area contributed by atoms with Crippen molar-refractivity contribution in [2.45, 2.75) is 19.5 Å². The molecule has 0 aliphatic heterocycles. The Morgan fingerprint density at radius 1 is 1.54 bits per heavy atom. The van der Waals surface area contributed by atoms with Gasteiger partial charge in [0.05, 0.1) is 0 Å². The average molecular weight is 202 g/mol. The lowest BCUT2D eigenvalue weighted by Crippen LogP contribution is -2.07. The lowest BCUT2D eigenvalue weighted by molar-refractivity contribution is 0.353. The molecule has 0 aliphatic carbocycles. The van der Waals surface area contributed by atoms with Crippen molar-refractivity contribution in [2.75, 3.05) is 6.54 Å². The number of rotatable bonds is 3. The van der Waals surface area contributed by atoms with Gasteiger partial charge in [-0.15, -0.1) is 0 Å².